The van der Waals surface area contributed by atoms with E-state index in [2.05, 4.69) is 32.0 Å². The molecule has 0 aromatic heterocycles. The molecule has 0 radical (unpaired) electrons. The molecule has 0 heterocycles. The fourth-order valence-electron chi connectivity index (χ4n) is 2.70. The highest BCUT2D eigenvalue weighted by Crippen LogP contribution is 2.29. The zero-order valence-corrected chi connectivity index (χ0v) is 12.7. The van der Waals surface area contributed by atoms with Crippen molar-refractivity contribution in [2.24, 2.45) is 0 Å². The second-order valence-corrected chi connectivity index (χ2v) is 6.11. The van der Waals surface area contributed by atoms with Gasteiger partial charge in [0.1, 0.15) is 5.75 Å². The highest BCUT2D eigenvalue weighted by molar-refractivity contribution is 5.33. The molecule has 1 atom stereocenters. The lowest BCUT2D eigenvalue weighted by atomic mass is 9.98. The van der Waals surface area contributed by atoms with Gasteiger partial charge in [0.15, 0.2) is 0 Å². The summed E-state index contributed by atoms with van der Waals surface area (Å²) in [4.78, 5) is 0. The summed E-state index contributed by atoms with van der Waals surface area (Å²) in [6.07, 6.45) is 2.82. The minimum atomic E-state index is -0.492. The molecule has 0 aliphatic heterocycles. The SMILES string of the molecule is Cc1cc(C)cc(CC(O)c2cccc(OC3CC3)c2)c1. The molecule has 1 fully saturated rings. The predicted octanol–water partition coefficient (Wildman–Crippen LogP) is 4.12. The Hall–Kier alpha value is -1.80. The second kappa shape index (κ2) is 5.90. The smallest absolute Gasteiger partial charge is 0.120 e. The van der Waals surface area contributed by atoms with E-state index in [9.17, 15) is 5.11 Å². The largest absolute Gasteiger partial charge is 0.490 e. The van der Waals surface area contributed by atoms with Crippen LogP contribution in [0.15, 0.2) is 42.5 Å². The molecule has 21 heavy (non-hydrogen) atoms. The normalized spacial score (nSPS) is 15.8. The van der Waals surface area contributed by atoms with Crippen molar-refractivity contribution in [1.29, 1.82) is 0 Å². The van der Waals surface area contributed by atoms with Crippen LogP contribution in [-0.4, -0.2) is 11.2 Å². The number of rotatable bonds is 5. The molecule has 1 N–H and O–H groups in total. The number of ether oxygens (including phenoxy) is 1. The van der Waals surface area contributed by atoms with Gasteiger partial charge >= 0.3 is 0 Å². The van der Waals surface area contributed by atoms with E-state index in [1.54, 1.807) is 0 Å². The van der Waals surface area contributed by atoms with E-state index < -0.39 is 6.10 Å². The topological polar surface area (TPSA) is 29.5 Å². The molecule has 0 saturated heterocycles. The Bertz CT molecular complexity index is 609. The monoisotopic (exact) mass is 282 g/mol. The molecule has 1 unspecified atom stereocenters. The van der Waals surface area contributed by atoms with Gasteiger partial charge in [-0.1, -0.05) is 41.5 Å². The van der Waals surface area contributed by atoms with Gasteiger partial charge in [-0.25, -0.2) is 0 Å². The fraction of sp³-hybridized carbons (Fsp3) is 0.368. The van der Waals surface area contributed by atoms with Crippen LogP contribution in [0.2, 0.25) is 0 Å². The summed E-state index contributed by atoms with van der Waals surface area (Å²) in [7, 11) is 0. The van der Waals surface area contributed by atoms with E-state index in [0.29, 0.717) is 12.5 Å². The highest BCUT2D eigenvalue weighted by Gasteiger charge is 2.23. The van der Waals surface area contributed by atoms with Crippen LogP contribution >= 0.6 is 0 Å². The van der Waals surface area contributed by atoms with Crippen LogP contribution < -0.4 is 4.74 Å². The van der Waals surface area contributed by atoms with E-state index in [0.717, 1.165) is 24.2 Å². The van der Waals surface area contributed by atoms with Crippen molar-refractivity contribution in [1.82, 2.24) is 0 Å². The van der Waals surface area contributed by atoms with Gasteiger partial charge in [-0.2, -0.15) is 0 Å². The maximum absolute atomic E-state index is 10.5. The third-order valence-corrected chi connectivity index (χ3v) is 3.78. The van der Waals surface area contributed by atoms with E-state index in [-0.39, 0.29) is 0 Å². The van der Waals surface area contributed by atoms with Gasteiger partial charge in [-0.3, -0.25) is 0 Å². The molecule has 0 bridgehead atoms. The molecule has 1 aliphatic rings. The van der Waals surface area contributed by atoms with Crippen molar-refractivity contribution in [2.75, 3.05) is 0 Å². The van der Waals surface area contributed by atoms with Crippen LogP contribution in [-0.2, 0) is 6.42 Å². The molecule has 0 spiro atoms. The van der Waals surface area contributed by atoms with Gasteiger partial charge in [-0.15, -0.1) is 0 Å². The Kier molecular flexibility index (Phi) is 3.98. The van der Waals surface area contributed by atoms with E-state index in [1.807, 2.05) is 24.3 Å². The van der Waals surface area contributed by atoms with Gasteiger partial charge in [0.2, 0.25) is 0 Å². The van der Waals surface area contributed by atoms with Gasteiger partial charge in [0.25, 0.3) is 0 Å². The second-order valence-electron chi connectivity index (χ2n) is 6.11. The van der Waals surface area contributed by atoms with Crippen molar-refractivity contribution in [3.05, 3.63) is 64.7 Å². The van der Waals surface area contributed by atoms with E-state index in [1.165, 1.54) is 16.7 Å². The van der Waals surface area contributed by atoms with E-state index in [4.69, 9.17) is 4.74 Å². The molecular formula is C19H22O2. The quantitative estimate of drug-likeness (QED) is 0.894. The van der Waals surface area contributed by atoms with Crippen molar-refractivity contribution in [3.63, 3.8) is 0 Å². The number of aliphatic hydroxyl groups is 1. The predicted molar refractivity (Wildman–Crippen MR) is 84.7 cm³/mol. The lowest BCUT2D eigenvalue weighted by Gasteiger charge is -2.14. The zero-order valence-electron chi connectivity index (χ0n) is 12.7. The van der Waals surface area contributed by atoms with Gasteiger partial charge < -0.3 is 9.84 Å². The number of benzene rings is 2. The lowest BCUT2D eigenvalue weighted by molar-refractivity contribution is 0.177. The Labute approximate surface area is 126 Å². The maximum Gasteiger partial charge on any atom is 0.120 e. The van der Waals surface area contributed by atoms with Crippen molar-refractivity contribution in [2.45, 2.75) is 45.3 Å². The molecule has 110 valence electrons. The Morgan fingerprint density at radius 1 is 1.10 bits per heavy atom. The Balaban J connectivity index is 1.73. The summed E-state index contributed by atoms with van der Waals surface area (Å²) >= 11 is 0. The average Bonchev–Trinajstić information content (AvgIpc) is 3.21. The minimum Gasteiger partial charge on any atom is -0.490 e. The minimum absolute atomic E-state index is 0.386. The molecular weight excluding hydrogens is 260 g/mol. The van der Waals surface area contributed by atoms with Crippen molar-refractivity contribution < 1.29 is 9.84 Å². The molecule has 3 rings (SSSR count). The fourth-order valence-corrected chi connectivity index (χ4v) is 2.70. The molecule has 2 aromatic rings. The Morgan fingerprint density at radius 2 is 1.81 bits per heavy atom. The van der Waals surface area contributed by atoms with Crippen molar-refractivity contribution >= 4 is 0 Å². The molecule has 2 nitrogen and oxygen atoms in total. The van der Waals surface area contributed by atoms with Gasteiger partial charge in [0, 0.05) is 6.42 Å². The van der Waals surface area contributed by atoms with E-state index >= 15 is 0 Å². The summed E-state index contributed by atoms with van der Waals surface area (Å²) in [5, 5.41) is 10.5. The first-order valence-corrected chi connectivity index (χ1v) is 7.62. The molecule has 0 amide bonds. The first-order chi connectivity index (χ1) is 10.1. The van der Waals surface area contributed by atoms with Crippen LogP contribution in [0.25, 0.3) is 0 Å². The number of aliphatic hydroxyl groups excluding tert-OH is 1. The number of hydrogen-bond acceptors (Lipinski definition) is 2. The summed E-state index contributed by atoms with van der Waals surface area (Å²) in [6, 6.07) is 14.3. The first kappa shape index (κ1) is 14.2. The van der Waals surface area contributed by atoms with Crippen LogP contribution in [0.1, 0.15) is 41.2 Å². The number of hydrogen-bond donors (Lipinski definition) is 1. The van der Waals surface area contributed by atoms with Gasteiger partial charge in [0.05, 0.1) is 12.2 Å². The Morgan fingerprint density at radius 3 is 2.48 bits per heavy atom. The lowest BCUT2D eigenvalue weighted by Crippen LogP contribution is -2.03. The summed E-state index contributed by atoms with van der Waals surface area (Å²) in [6.45, 7) is 4.18. The van der Waals surface area contributed by atoms with Crippen LogP contribution in [0.4, 0.5) is 0 Å². The third kappa shape index (κ3) is 3.85. The van der Waals surface area contributed by atoms with Gasteiger partial charge in [-0.05, 0) is 49.9 Å². The standard InChI is InChI=1S/C19H22O2/c1-13-8-14(2)10-15(9-13)11-19(20)16-4-3-5-18(12-16)21-17-6-7-17/h3-5,8-10,12,17,19-20H,6-7,11H2,1-2H3. The molecule has 2 heteroatoms. The zero-order chi connectivity index (χ0) is 14.8. The van der Waals surface area contributed by atoms with Crippen LogP contribution in [0.5, 0.6) is 5.75 Å². The molecule has 1 aliphatic carbocycles. The summed E-state index contributed by atoms with van der Waals surface area (Å²) < 4.78 is 5.79. The van der Waals surface area contributed by atoms with Crippen LogP contribution in [0, 0.1) is 13.8 Å². The maximum atomic E-state index is 10.5. The summed E-state index contributed by atoms with van der Waals surface area (Å²) in [5.41, 5.74) is 4.58. The third-order valence-electron chi connectivity index (χ3n) is 3.78. The molecule has 1 saturated carbocycles. The average molecular weight is 282 g/mol. The van der Waals surface area contributed by atoms with Crippen molar-refractivity contribution in [3.8, 4) is 5.75 Å². The molecule has 2 aromatic carbocycles. The van der Waals surface area contributed by atoms with Crippen LogP contribution in [0.3, 0.4) is 0 Å². The highest BCUT2D eigenvalue weighted by atomic mass is 16.5. The number of aryl methyl sites for hydroxylation is 2. The summed E-state index contributed by atoms with van der Waals surface area (Å²) in [5.74, 6) is 0.870. The first-order valence-electron chi connectivity index (χ1n) is 7.62.